The van der Waals surface area contributed by atoms with Crippen LogP contribution in [0.1, 0.15) is 70.4 Å². The summed E-state index contributed by atoms with van der Waals surface area (Å²) in [6.07, 6.45) is -1.26. The van der Waals surface area contributed by atoms with Crippen LogP contribution < -0.4 is 10.2 Å². The molecule has 0 spiro atoms. The summed E-state index contributed by atoms with van der Waals surface area (Å²) in [6.45, 7) is 8.98. The third-order valence-corrected chi connectivity index (χ3v) is 6.03. The van der Waals surface area contributed by atoms with Gasteiger partial charge in [0, 0.05) is 44.3 Å². The van der Waals surface area contributed by atoms with E-state index in [9.17, 15) is 18.0 Å². The molecule has 1 aromatic carbocycles. The lowest BCUT2D eigenvalue weighted by Gasteiger charge is -2.38. The highest BCUT2D eigenvalue weighted by atomic mass is 19.4. The molecule has 174 valence electrons. The van der Waals surface area contributed by atoms with E-state index in [4.69, 9.17) is 4.74 Å². The number of alkyl halides is 3. The van der Waals surface area contributed by atoms with Gasteiger partial charge in [-0.15, -0.1) is 0 Å². The summed E-state index contributed by atoms with van der Waals surface area (Å²) in [5.74, 6) is -0.181. The highest BCUT2D eigenvalue weighted by molar-refractivity contribution is 5.74. The Balaban J connectivity index is 1.91. The number of likely N-dealkylation sites (tertiary alicyclic amines) is 1. The molecule has 2 aliphatic rings. The Hall–Kier alpha value is -2.12. The maximum absolute atomic E-state index is 14.0. The molecule has 31 heavy (non-hydrogen) atoms. The maximum Gasteiger partial charge on any atom is 0.418 e. The summed E-state index contributed by atoms with van der Waals surface area (Å²) in [5.41, 5.74) is 0.174. The normalized spacial score (nSPS) is 21.0. The fourth-order valence-electron chi connectivity index (χ4n) is 4.63. The number of fused-ring (bicyclic) bond motifs is 3. The molecule has 1 aromatic rings. The number of nitrogens with one attached hydrogen (secondary N) is 1. The zero-order valence-corrected chi connectivity index (χ0v) is 19.1. The molecule has 2 heterocycles. The van der Waals surface area contributed by atoms with Crippen LogP contribution in [0.2, 0.25) is 0 Å². The number of ether oxygens (including phenoxy) is 1. The number of halogens is 3. The van der Waals surface area contributed by atoms with Gasteiger partial charge in [0.2, 0.25) is 0 Å². The van der Waals surface area contributed by atoms with Crippen LogP contribution in [0.3, 0.4) is 0 Å². The van der Waals surface area contributed by atoms with Crippen molar-refractivity contribution in [3.05, 3.63) is 23.3 Å². The molecule has 1 fully saturated rings. The van der Waals surface area contributed by atoms with Gasteiger partial charge in [-0.25, -0.2) is 4.79 Å². The third kappa shape index (κ3) is 5.21. The molecule has 0 aromatic heterocycles. The number of hydrogen-bond acceptors (Lipinski definition) is 4. The molecule has 1 saturated heterocycles. The van der Waals surface area contributed by atoms with Crippen LogP contribution in [0.5, 0.6) is 0 Å². The molecule has 0 aliphatic carbocycles. The zero-order valence-electron chi connectivity index (χ0n) is 19.1. The largest absolute Gasteiger partial charge is 0.444 e. The van der Waals surface area contributed by atoms with Crippen LogP contribution in [0, 0.1) is 0 Å². The minimum Gasteiger partial charge on any atom is -0.444 e. The molecule has 1 amide bonds. The van der Waals surface area contributed by atoms with Crippen molar-refractivity contribution in [3.63, 3.8) is 0 Å². The summed E-state index contributed by atoms with van der Waals surface area (Å²) < 4.78 is 47.4. The van der Waals surface area contributed by atoms with Gasteiger partial charge in [0.25, 0.3) is 0 Å². The highest BCUT2D eigenvalue weighted by Crippen LogP contribution is 2.50. The van der Waals surface area contributed by atoms with Crippen LogP contribution in [-0.2, 0) is 10.9 Å². The predicted molar refractivity (Wildman–Crippen MR) is 117 cm³/mol. The molecule has 0 radical (unpaired) electrons. The second-order valence-corrected chi connectivity index (χ2v) is 9.59. The van der Waals surface area contributed by atoms with Gasteiger partial charge in [-0.1, -0.05) is 19.8 Å². The summed E-state index contributed by atoms with van der Waals surface area (Å²) in [4.78, 5) is 16.0. The van der Waals surface area contributed by atoms with Crippen molar-refractivity contribution in [1.82, 2.24) is 4.90 Å². The van der Waals surface area contributed by atoms with E-state index in [0.717, 1.165) is 19.3 Å². The summed E-state index contributed by atoms with van der Waals surface area (Å²) in [5, 5.41) is 3.17. The minimum absolute atomic E-state index is 0.0647. The van der Waals surface area contributed by atoms with E-state index in [1.807, 2.05) is 26.8 Å². The zero-order chi connectivity index (χ0) is 23.0. The average molecular weight is 442 g/mol. The van der Waals surface area contributed by atoms with Crippen molar-refractivity contribution in [3.8, 4) is 0 Å². The van der Waals surface area contributed by atoms with Gasteiger partial charge in [-0.3, -0.25) is 0 Å². The Kier molecular flexibility index (Phi) is 6.67. The first kappa shape index (κ1) is 23.5. The smallest absolute Gasteiger partial charge is 0.418 e. The van der Waals surface area contributed by atoms with E-state index < -0.39 is 23.4 Å². The lowest BCUT2D eigenvalue weighted by molar-refractivity contribution is -0.137. The molecule has 1 N–H and O–H groups in total. The van der Waals surface area contributed by atoms with E-state index in [-0.39, 0.29) is 17.6 Å². The van der Waals surface area contributed by atoms with Gasteiger partial charge in [0.15, 0.2) is 0 Å². The number of hydrogen-bond donors (Lipinski definition) is 1. The van der Waals surface area contributed by atoms with Gasteiger partial charge in [0.05, 0.1) is 11.3 Å². The molecular weight excluding hydrogens is 407 g/mol. The van der Waals surface area contributed by atoms with Crippen LogP contribution in [0.15, 0.2) is 12.1 Å². The van der Waals surface area contributed by atoms with E-state index in [1.165, 1.54) is 6.07 Å². The number of carbonyl (C=O) groups is 1. The molecule has 5 nitrogen and oxygen atoms in total. The molecular formula is C23H34F3N3O2. The monoisotopic (exact) mass is 441 g/mol. The van der Waals surface area contributed by atoms with Crippen molar-refractivity contribution in [2.24, 2.45) is 0 Å². The van der Waals surface area contributed by atoms with E-state index in [0.29, 0.717) is 37.3 Å². The van der Waals surface area contributed by atoms with Crippen molar-refractivity contribution in [1.29, 1.82) is 0 Å². The number of nitrogens with zero attached hydrogens (tertiary/aromatic N) is 2. The fourth-order valence-corrected chi connectivity index (χ4v) is 4.63. The molecule has 2 aliphatic heterocycles. The van der Waals surface area contributed by atoms with E-state index >= 15 is 0 Å². The maximum atomic E-state index is 14.0. The molecule has 2 atom stereocenters. The van der Waals surface area contributed by atoms with Gasteiger partial charge in [0.1, 0.15) is 5.60 Å². The second-order valence-electron chi connectivity index (χ2n) is 9.59. The quantitative estimate of drug-likeness (QED) is 0.582. The molecule has 8 heteroatoms. The standard InChI is InChI=1S/C23H34F3N3O2/c1-6-7-8-10-27-15-12-16-17-14-29(21(30)31-22(2,3)4)11-9-19(17)28(5)20(16)18(13-15)23(24,25)26/h12-13,17,19,27H,6-11,14H2,1-5H3. The molecule has 2 unspecified atom stereocenters. The first-order valence-corrected chi connectivity index (χ1v) is 11.1. The number of unbranched alkanes of at least 4 members (excludes halogenated alkanes) is 2. The Labute approximate surface area is 182 Å². The molecule has 3 rings (SSSR count). The average Bonchev–Trinajstić information content (AvgIpc) is 2.94. The van der Waals surface area contributed by atoms with Crippen LogP contribution in [0.4, 0.5) is 29.3 Å². The fraction of sp³-hybridized carbons (Fsp3) is 0.696. The number of anilines is 2. The SMILES string of the molecule is CCCCCNc1cc2c(c(C(F)(F)F)c1)N(C)C1CCN(C(=O)OC(C)(C)C)CC21. The van der Waals surface area contributed by atoms with Crippen LogP contribution in [-0.4, -0.2) is 49.3 Å². The van der Waals surface area contributed by atoms with E-state index in [2.05, 4.69) is 12.2 Å². The van der Waals surface area contributed by atoms with Crippen LogP contribution >= 0.6 is 0 Å². The summed E-state index contributed by atoms with van der Waals surface area (Å²) in [6, 6.07) is 3.01. The summed E-state index contributed by atoms with van der Waals surface area (Å²) >= 11 is 0. The number of carbonyl (C=O) groups excluding carboxylic acids is 1. The first-order valence-electron chi connectivity index (χ1n) is 11.1. The summed E-state index contributed by atoms with van der Waals surface area (Å²) in [7, 11) is 1.73. The lowest BCUT2D eigenvalue weighted by atomic mass is 9.88. The molecule has 0 bridgehead atoms. The van der Waals surface area contributed by atoms with Crippen molar-refractivity contribution >= 4 is 17.5 Å². The van der Waals surface area contributed by atoms with E-state index in [1.54, 1.807) is 16.8 Å². The number of amides is 1. The van der Waals surface area contributed by atoms with Crippen LogP contribution in [0.25, 0.3) is 0 Å². The number of piperidine rings is 1. The molecule has 0 saturated carbocycles. The Morgan fingerprint density at radius 3 is 2.55 bits per heavy atom. The number of likely N-dealkylation sites (N-methyl/N-ethyl adjacent to an activating group) is 1. The van der Waals surface area contributed by atoms with Crippen molar-refractivity contribution < 1.29 is 22.7 Å². The minimum atomic E-state index is -4.45. The second kappa shape index (κ2) is 8.79. The highest BCUT2D eigenvalue weighted by Gasteiger charge is 2.47. The Bertz CT molecular complexity index is 804. The van der Waals surface area contributed by atoms with Gasteiger partial charge >= 0.3 is 12.3 Å². The van der Waals surface area contributed by atoms with Crippen molar-refractivity contribution in [2.45, 2.75) is 77.1 Å². The number of rotatable bonds is 5. The topological polar surface area (TPSA) is 44.8 Å². The van der Waals surface area contributed by atoms with Gasteiger partial charge < -0.3 is 19.9 Å². The Morgan fingerprint density at radius 2 is 1.94 bits per heavy atom. The van der Waals surface area contributed by atoms with Gasteiger partial charge in [-0.05, 0) is 51.3 Å². The Morgan fingerprint density at radius 1 is 1.23 bits per heavy atom. The van der Waals surface area contributed by atoms with Crippen molar-refractivity contribution in [2.75, 3.05) is 36.9 Å². The third-order valence-electron chi connectivity index (χ3n) is 6.03. The predicted octanol–water partition coefficient (Wildman–Crippen LogP) is 5.85. The number of benzene rings is 1. The first-order chi connectivity index (χ1) is 14.4. The lowest BCUT2D eigenvalue weighted by Crippen LogP contribution is -2.48. The van der Waals surface area contributed by atoms with Gasteiger partial charge in [-0.2, -0.15) is 13.2 Å².